The molecular weight excluding hydrogens is 617 g/mol. The Bertz CT molecular complexity index is 811. The molecule has 0 N–H and O–H groups in total. The fraction of sp³-hybridized carbons (Fsp3) is 1.00. The van der Waals surface area contributed by atoms with Crippen molar-refractivity contribution in [2.24, 2.45) is 0 Å². The molecule has 258 valence electrons. The molecule has 0 spiro atoms. The molecule has 0 aromatic carbocycles. The number of alkyl halides is 1. The Kier molecular flexibility index (Phi) is 12.4. The quantitative estimate of drug-likeness (QED) is 0.164. The van der Waals surface area contributed by atoms with E-state index in [2.05, 4.69) is 6.92 Å². The van der Waals surface area contributed by atoms with Gasteiger partial charge in [0.05, 0.1) is 0 Å². The summed E-state index contributed by atoms with van der Waals surface area (Å²) in [5.74, 6) is -3.23. The first-order valence-corrected chi connectivity index (χ1v) is 26.6. The average Bonchev–Trinajstić information content (AvgIpc) is 3.10. The zero-order chi connectivity index (χ0) is 30.5. The van der Waals surface area contributed by atoms with Gasteiger partial charge >= 0.3 is 285 Å². The van der Waals surface area contributed by atoms with Gasteiger partial charge in [-0.1, -0.05) is 0 Å². The standard InChI is InChI=1S/C39H72Cl2OP2/c1-2-42-38(43(33-21-9-3-10-22-33,34-23-11-4-12-24-34)35-25-13-5-14-26-35)44(41,36-27-15-6-16-28-36,37-29-17-7-18-30-37)39(40)31-19-8-20-32-39/h33-38,43H,2-32H2,1H3. The molecule has 1 nitrogen and oxygen atoms in total. The van der Waals surface area contributed by atoms with Gasteiger partial charge in [-0.05, 0) is 0 Å². The first kappa shape index (κ1) is 35.2. The summed E-state index contributed by atoms with van der Waals surface area (Å²) < 4.78 is 7.76. The van der Waals surface area contributed by atoms with Gasteiger partial charge in [-0.3, -0.25) is 0 Å². The monoisotopic (exact) mass is 688 g/mol. The van der Waals surface area contributed by atoms with E-state index in [1.165, 1.54) is 193 Å². The number of hydrogen-bond donors (Lipinski definition) is 0. The molecule has 0 aromatic rings. The SMILES string of the molecule is CCOC([PH](C1CCCCC1)(C1CCCCC1)C1CCCCC1)P(Cl)(C1CCCCC1)(C1CCCCC1)C1(Cl)CCCCC1. The van der Waals surface area contributed by atoms with Crippen molar-refractivity contribution in [2.75, 3.05) is 6.61 Å². The maximum atomic E-state index is 9.67. The van der Waals surface area contributed by atoms with Gasteiger partial charge in [0.2, 0.25) is 0 Å². The van der Waals surface area contributed by atoms with E-state index in [9.17, 15) is 11.2 Å². The summed E-state index contributed by atoms with van der Waals surface area (Å²) in [5, 5.41) is 0. The fourth-order valence-electron chi connectivity index (χ4n) is 13.6. The number of rotatable bonds is 10. The Morgan fingerprint density at radius 2 is 0.864 bits per heavy atom. The van der Waals surface area contributed by atoms with E-state index in [1.807, 2.05) is 0 Å². The third-order valence-electron chi connectivity index (χ3n) is 15.3. The summed E-state index contributed by atoms with van der Waals surface area (Å²) in [7, 11) is -2.13. The van der Waals surface area contributed by atoms with E-state index in [0.717, 1.165) is 23.6 Å². The summed E-state index contributed by atoms with van der Waals surface area (Å²) >= 11 is 18.4. The van der Waals surface area contributed by atoms with E-state index in [4.69, 9.17) is 16.3 Å². The van der Waals surface area contributed by atoms with Crippen LogP contribution in [0.15, 0.2) is 0 Å². The number of hydrogen-bond acceptors (Lipinski definition) is 1. The van der Waals surface area contributed by atoms with Crippen molar-refractivity contribution in [1.29, 1.82) is 0 Å². The van der Waals surface area contributed by atoms with E-state index in [-0.39, 0.29) is 4.62 Å². The molecule has 44 heavy (non-hydrogen) atoms. The molecule has 6 aliphatic carbocycles. The van der Waals surface area contributed by atoms with Gasteiger partial charge < -0.3 is 0 Å². The van der Waals surface area contributed by atoms with Crippen molar-refractivity contribution in [3.8, 4) is 0 Å². The Hall–Kier alpha value is 1.40. The number of halogens is 2. The minimum atomic E-state index is -3.23. The van der Waals surface area contributed by atoms with E-state index in [0.29, 0.717) is 16.9 Å². The van der Waals surface area contributed by atoms with Crippen LogP contribution in [0.1, 0.15) is 200 Å². The van der Waals surface area contributed by atoms with Crippen molar-refractivity contribution in [1.82, 2.24) is 0 Å². The van der Waals surface area contributed by atoms with Gasteiger partial charge in [-0.2, -0.15) is 0 Å². The zero-order valence-corrected chi connectivity index (χ0v) is 32.4. The molecule has 0 heterocycles. The molecule has 5 heteroatoms. The molecule has 0 saturated heterocycles. The predicted molar refractivity (Wildman–Crippen MR) is 203 cm³/mol. The molecule has 1 atom stereocenters. The second-order valence-electron chi connectivity index (χ2n) is 17.1. The van der Waals surface area contributed by atoms with Crippen LogP contribution in [0.3, 0.4) is 0 Å². The molecule has 0 aliphatic heterocycles. The van der Waals surface area contributed by atoms with Crippen LogP contribution in [-0.4, -0.2) is 45.1 Å². The maximum absolute atomic E-state index is 9.67. The van der Waals surface area contributed by atoms with Crippen molar-refractivity contribution in [3.63, 3.8) is 0 Å². The van der Waals surface area contributed by atoms with Crippen LogP contribution in [0.2, 0.25) is 0 Å². The van der Waals surface area contributed by atoms with E-state index in [1.54, 1.807) is 0 Å². The molecule has 0 radical (unpaired) electrons. The summed E-state index contributed by atoms with van der Waals surface area (Å²) in [6, 6.07) is 0. The van der Waals surface area contributed by atoms with Crippen molar-refractivity contribution < 1.29 is 4.74 Å². The van der Waals surface area contributed by atoms with Crippen LogP contribution in [0.5, 0.6) is 0 Å². The first-order valence-electron chi connectivity index (χ1n) is 20.5. The van der Waals surface area contributed by atoms with Gasteiger partial charge in [0.25, 0.3) is 0 Å². The third-order valence-corrected chi connectivity index (χ3v) is 37.9. The Morgan fingerprint density at radius 1 is 0.545 bits per heavy atom. The van der Waals surface area contributed by atoms with E-state index >= 15 is 0 Å². The summed E-state index contributed by atoms with van der Waals surface area (Å²) in [4.78, 5) is 0. The molecule has 0 amide bonds. The molecule has 0 aromatic heterocycles. The van der Waals surface area contributed by atoms with Crippen LogP contribution >= 0.6 is 36.1 Å². The normalized spacial score (nSPS) is 30.4. The Labute approximate surface area is 284 Å². The third kappa shape index (κ3) is 5.96. The van der Waals surface area contributed by atoms with E-state index < -0.39 is 13.2 Å². The van der Waals surface area contributed by atoms with Crippen LogP contribution in [0.4, 0.5) is 0 Å². The van der Waals surface area contributed by atoms with Gasteiger partial charge in [-0.25, -0.2) is 0 Å². The van der Waals surface area contributed by atoms with Crippen LogP contribution in [0, 0.1) is 0 Å². The topological polar surface area (TPSA) is 9.23 Å². The van der Waals surface area contributed by atoms with Crippen LogP contribution in [-0.2, 0) is 4.74 Å². The molecular formula is C39H72Cl2OP2. The minimum absolute atomic E-state index is 0.203. The van der Waals surface area contributed by atoms with Gasteiger partial charge in [0, 0.05) is 0 Å². The predicted octanol–water partition coefficient (Wildman–Crippen LogP) is 14.3. The number of ether oxygens (including phenoxy) is 1. The summed E-state index contributed by atoms with van der Waals surface area (Å²) in [6.07, 6.45) is 42.3. The first-order chi connectivity index (χ1) is 21.5. The summed E-state index contributed by atoms with van der Waals surface area (Å²) in [5.41, 5.74) is 4.43. The van der Waals surface area contributed by atoms with Crippen molar-refractivity contribution in [2.45, 2.75) is 238 Å². The Morgan fingerprint density at radius 3 is 1.20 bits per heavy atom. The average molecular weight is 690 g/mol. The molecule has 1 unspecified atom stereocenters. The molecule has 6 rings (SSSR count). The van der Waals surface area contributed by atoms with Gasteiger partial charge in [0.1, 0.15) is 0 Å². The van der Waals surface area contributed by atoms with Gasteiger partial charge in [-0.15, -0.1) is 0 Å². The summed E-state index contributed by atoms with van der Waals surface area (Å²) in [6.45, 7) is 3.24. The molecule has 0 bridgehead atoms. The molecule has 6 fully saturated rings. The fourth-order valence-corrected chi connectivity index (χ4v) is 41.7. The zero-order valence-electron chi connectivity index (χ0n) is 29.0. The van der Waals surface area contributed by atoms with Crippen molar-refractivity contribution in [3.05, 3.63) is 0 Å². The Balaban J connectivity index is 1.67. The molecule has 6 aliphatic rings. The second kappa shape index (κ2) is 15.5. The van der Waals surface area contributed by atoms with Crippen LogP contribution < -0.4 is 0 Å². The van der Waals surface area contributed by atoms with Crippen molar-refractivity contribution >= 4 is 36.1 Å². The molecule has 6 saturated carbocycles. The second-order valence-corrected chi connectivity index (χ2v) is 31.0. The van der Waals surface area contributed by atoms with Gasteiger partial charge in [0.15, 0.2) is 0 Å². The van der Waals surface area contributed by atoms with Crippen LogP contribution in [0.25, 0.3) is 0 Å².